The lowest BCUT2D eigenvalue weighted by Gasteiger charge is -2.20. The zero-order valence-corrected chi connectivity index (χ0v) is 10.1. The summed E-state index contributed by atoms with van der Waals surface area (Å²) in [7, 11) is 0. The molecule has 17 heavy (non-hydrogen) atoms. The molecule has 2 atom stereocenters. The molecular weight excluding hydrogens is 214 g/mol. The fraction of sp³-hybridized carbons (Fsp3) is 0.462. The van der Waals surface area contributed by atoms with Crippen LogP contribution in [0.5, 0.6) is 0 Å². The van der Waals surface area contributed by atoms with Crippen molar-refractivity contribution in [1.82, 2.24) is 4.90 Å². The summed E-state index contributed by atoms with van der Waals surface area (Å²) in [6.07, 6.45) is 0.867. The van der Waals surface area contributed by atoms with Crippen molar-refractivity contribution in [2.24, 2.45) is 11.5 Å². The number of benzene rings is 1. The van der Waals surface area contributed by atoms with Gasteiger partial charge in [-0.1, -0.05) is 29.8 Å². The first-order valence-corrected chi connectivity index (χ1v) is 5.94. The molecule has 1 aromatic carbocycles. The molecule has 0 radical (unpaired) electrons. The van der Waals surface area contributed by atoms with E-state index in [0.29, 0.717) is 6.54 Å². The third kappa shape index (κ3) is 2.65. The Bertz CT molecular complexity index is 402. The lowest BCUT2D eigenvalue weighted by molar-refractivity contribution is -0.131. The Morgan fingerprint density at radius 3 is 2.59 bits per heavy atom. The van der Waals surface area contributed by atoms with Crippen LogP contribution in [0.15, 0.2) is 24.3 Å². The van der Waals surface area contributed by atoms with Crippen molar-refractivity contribution in [3.05, 3.63) is 35.4 Å². The topological polar surface area (TPSA) is 72.4 Å². The van der Waals surface area contributed by atoms with Crippen LogP contribution in [0.2, 0.25) is 0 Å². The first-order chi connectivity index (χ1) is 8.08. The Morgan fingerprint density at radius 1 is 1.41 bits per heavy atom. The number of rotatable bonds is 2. The first kappa shape index (κ1) is 12.1. The van der Waals surface area contributed by atoms with Gasteiger partial charge in [-0.3, -0.25) is 4.79 Å². The maximum Gasteiger partial charge on any atom is 0.244 e. The molecule has 2 rings (SSSR count). The number of hydrogen-bond donors (Lipinski definition) is 2. The van der Waals surface area contributed by atoms with E-state index >= 15 is 0 Å². The number of amides is 1. The first-order valence-electron chi connectivity index (χ1n) is 5.94. The van der Waals surface area contributed by atoms with Gasteiger partial charge in [0.2, 0.25) is 5.91 Å². The monoisotopic (exact) mass is 233 g/mol. The lowest BCUT2D eigenvalue weighted by Crippen LogP contribution is -2.38. The van der Waals surface area contributed by atoms with E-state index in [-0.39, 0.29) is 11.9 Å². The summed E-state index contributed by atoms with van der Waals surface area (Å²) >= 11 is 0. The van der Waals surface area contributed by atoms with Crippen molar-refractivity contribution in [1.29, 1.82) is 0 Å². The van der Waals surface area contributed by atoms with Crippen LogP contribution in [0.3, 0.4) is 0 Å². The molecule has 0 aromatic heterocycles. The van der Waals surface area contributed by atoms with E-state index in [1.807, 2.05) is 31.2 Å². The van der Waals surface area contributed by atoms with E-state index in [1.54, 1.807) is 4.90 Å². The smallest absolute Gasteiger partial charge is 0.244 e. The number of likely N-dealkylation sites (tertiary alicyclic amines) is 1. The van der Waals surface area contributed by atoms with E-state index < -0.39 is 6.04 Å². The van der Waals surface area contributed by atoms with E-state index in [2.05, 4.69) is 0 Å². The van der Waals surface area contributed by atoms with Crippen molar-refractivity contribution in [3.63, 3.8) is 0 Å². The van der Waals surface area contributed by atoms with Crippen molar-refractivity contribution in [2.75, 3.05) is 13.1 Å². The zero-order chi connectivity index (χ0) is 12.4. The Hall–Kier alpha value is -1.39. The summed E-state index contributed by atoms with van der Waals surface area (Å²) in [6, 6.07) is 7.29. The number of nitrogens with two attached hydrogens (primary N) is 2. The number of hydrogen-bond acceptors (Lipinski definition) is 3. The summed E-state index contributed by atoms with van der Waals surface area (Å²) in [6.45, 7) is 3.36. The number of aryl methyl sites for hydroxylation is 1. The SMILES string of the molecule is Cc1ccc(C(N)C(=O)N2CC[C@@H](N)C2)cc1. The van der Waals surface area contributed by atoms with Crippen LogP contribution in [0.4, 0.5) is 0 Å². The molecule has 1 aromatic rings. The Kier molecular flexibility index (Phi) is 3.45. The summed E-state index contributed by atoms with van der Waals surface area (Å²) in [5, 5.41) is 0. The minimum Gasteiger partial charge on any atom is -0.339 e. The molecule has 1 fully saturated rings. The van der Waals surface area contributed by atoms with Crippen LogP contribution in [0, 0.1) is 6.92 Å². The highest BCUT2D eigenvalue weighted by Crippen LogP contribution is 2.17. The molecule has 4 heteroatoms. The Balaban J connectivity index is 2.06. The van der Waals surface area contributed by atoms with E-state index in [0.717, 1.165) is 24.1 Å². The minimum atomic E-state index is -0.569. The van der Waals surface area contributed by atoms with Gasteiger partial charge in [-0.15, -0.1) is 0 Å². The molecule has 1 unspecified atom stereocenters. The zero-order valence-electron chi connectivity index (χ0n) is 10.1. The van der Waals surface area contributed by atoms with Crippen LogP contribution in [-0.4, -0.2) is 29.9 Å². The third-order valence-corrected chi connectivity index (χ3v) is 3.24. The maximum absolute atomic E-state index is 12.1. The number of nitrogens with zero attached hydrogens (tertiary/aromatic N) is 1. The molecule has 92 valence electrons. The van der Waals surface area contributed by atoms with Crippen LogP contribution in [-0.2, 0) is 4.79 Å². The van der Waals surface area contributed by atoms with E-state index in [9.17, 15) is 4.79 Å². The second-order valence-corrected chi connectivity index (χ2v) is 4.72. The third-order valence-electron chi connectivity index (χ3n) is 3.24. The molecule has 4 nitrogen and oxygen atoms in total. The van der Waals surface area contributed by atoms with Crippen molar-refractivity contribution < 1.29 is 4.79 Å². The Labute approximate surface area is 102 Å². The van der Waals surface area contributed by atoms with E-state index in [1.165, 1.54) is 0 Å². The molecule has 0 bridgehead atoms. The van der Waals surface area contributed by atoms with Gasteiger partial charge in [0.15, 0.2) is 0 Å². The average Bonchev–Trinajstić information content (AvgIpc) is 2.75. The van der Waals surface area contributed by atoms with Gasteiger partial charge < -0.3 is 16.4 Å². The average molecular weight is 233 g/mol. The van der Waals surface area contributed by atoms with Crippen molar-refractivity contribution in [2.45, 2.75) is 25.4 Å². The van der Waals surface area contributed by atoms with Crippen LogP contribution < -0.4 is 11.5 Å². The predicted molar refractivity (Wildman–Crippen MR) is 67.3 cm³/mol. The second kappa shape index (κ2) is 4.85. The summed E-state index contributed by atoms with van der Waals surface area (Å²) in [4.78, 5) is 13.9. The fourth-order valence-electron chi connectivity index (χ4n) is 2.10. The van der Waals surface area contributed by atoms with Crippen LogP contribution in [0.1, 0.15) is 23.6 Å². The highest BCUT2D eigenvalue weighted by molar-refractivity contribution is 5.83. The fourth-order valence-corrected chi connectivity index (χ4v) is 2.10. The molecule has 1 amide bonds. The van der Waals surface area contributed by atoms with Gasteiger partial charge in [-0.05, 0) is 18.9 Å². The van der Waals surface area contributed by atoms with Gasteiger partial charge >= 0.3 is 0 Å². The molecule has 4 N–H and O–H groups in total. The number of carbonyl (C=O) groups excluding carboxylic acids is 1. The maximum atomic E-state index is 12.1. The lowest BCUT2D eigenvalue weighted by atomic mass is 10.1. The summed E-state index contributed by atoms with van der Waals surface area (Å²) in [5.41, 5.74) is 13.8. The van der Waals surface area contributed by atoms with E-state index in [4.69, 9.17) is 11.5 Å². The minimum absolute atomic E-state index is 0.0261. The van der Waals surface area contributed by atoms with Crippen molar-refractivity contribution in [3.8, 4) is 0 Å². The van der Waals surface area contributed by atoms with Gasteiger partial charge in [-0.25, -0.2) is 0 Å². The molecule has 1 heterocycles. The molecular formula is C13H19N3O. The highest BCUT2D eigenvalue weighted by atomic mass is 16.2. The molecule has 1 aliphatic rings. The summed E-state index contributed by atoms with van der Waals surface area (Å²) in [5.74, 6) is -0.0261. The van der Waals surface area contributed by atoms with Gasteiger partial charge in [-0.2, -0.15) is 0 Å². The van der Waals surface area contributed by atoms with Gasteiger partial charge in [0.1, 0.15) is 6.04 Å². The molecule has 0 spiro atoms. The highest BCUT2D eigenvalue weighted by Gasteiger charge is 2.28. The normalized spacial score (nSPS) is 21.6. The van der Waals surface area contributed by atoms with Gasteiger partial charge in [0, 0.05) is 19.1 Å². The van der Waals surface area contributed by atoms with Crippen LogP contribution >= 0.6 is 0 Å². The molecule has 0 saturated carbocycles. The number of carbonyl (C=O) groups is 1. The Morgan fingerprint density at radius 2 is 2.06 bits per heavy atom. The van der Waals surface area contributed by atoms with Gasteiger partial charge in [0.05, 0.1) is 0 Å². The molecule has 0 aliphatic carbocycles. The van der Waals surface area contributed by atoms with Gasteiger partial charge in [0.25, 0.3) is 0 Å². The van der Waals surface area contributed by atoms with Crippen molar-refractivity contribution >= 4 is 5.91 Å². The molecule has 1 saturated heterocycles. The largest absolute Gasteiger partial charge is 0.339 e. The molecule has 1 aliphatic heterocycles. The van der Waals surface area contributed by atoms with Crippen LogP contribution in [0.25, 0.3) is 0 Å². The quantitative estimate of drug-likeness (QED) is 0.783. The predicted octanol–water partition coefficient (Wildman–Crippen LogP) is 0.554. The second-order valence-electron chi connectivity index (χ2n) is 4.72. The summed E-state index contributed by atoms with van der Waals surface area (Å²) < 4.78 is 0. The standard InChI is InChI=1S/C13H19N3O/c1-9-2-4-10(5-3-9)12(15)13(17)16-7-6-11(14)8-16/h2-5,11-12H,6-8,14-15H2,1H3/t11-,12?/m1/s1.